The van der Waals surface area contributed by atoms with E-state index in [9.17, 15) is 0 Å². The highest BCUT2D eigenvalue weighted by Gasteiger charge is 2.37. The molecule has 3 heteroatoms. The van der Waals surface area contributed by atoms with Crippen molar-refractivity contribution in [3.8, 4) is 0 Å². The summed E-state index contributed by atoms with van der Waals surface area (Å²) in [5.41, 5.74) is 8.95. The maximum Gasteiger partial charge on any atom is 0.0238 e. The summed E-state index contributed by atoms with van der Waals surface area (Å²) in [6.07, 6.45) is 3.79. The third kappa shape index (κ3) is 2.56. The second-order valence-electron chi connectivity index (χ2n) is 5.38. The number of nitrogens with two attached hydrogens (primary N) is 1. The van der Waals surface area contributed by atoms with Crippen LogP contribution >= 0.6 is 15.9 Å². The highest BCUT2D eigenvalue weighted by Crippen LogP contribution is 2.43. The first-order valence-corrected chi connectivity index (χ1v) is 7.00. The maximum atomic E-state index is 5.95. The van der Waals surface area contributed by atoms with E-state index < -0.39 is 0 Å². The van der Waals surface area contributed by atoms with Gasteiger partial charge in [-0.2, -0.15) is 0 Å². The average Bonchev–Trinajstić information content (AvgIpc) is 2.20. The predicted octanol–water partition coefficient (Wildman–Crippen LogP) is 2.89. The fourth-order valence-electron chi connectivity index (χ4n) is 2.56. The zero-order valence-electron chi connectivity index (χ0n) is 10.7. The van der Waals surface area contributed by atoms with Crippen LogP contribution < -0.4 is 5.73 Å². The van der Waals surface area contributed by atoms with Crippen LogP contribution in [0.25, 0.3) is 0 Å². The summed E-state index contributed by atoms with van der Waals surface area (Å²) in [5, 5.41) is 0. The van der Waals surface area contributed by atoms with Crippen molar-refractivity contribution in [1.82, 2.24) is 4.90 Å². The molecule has 0 saturated heterocycles. The first-order valence-electron chi connectivity index (χ1n) is 6.21. The summed E-state index contributed by atoms with van der Waals surface area (Å²) >= 11 is 3.68. The van der Waals surface area contributed by atoms with Gasteiger partial charge in [0.05, 0.1) is 0 Å². The molecule has 2 rings (SSSR count). The first-order chi connectivity index (χ1) is 8.07. The van der Waals surface area contributed by atoms with Crippen molar-refractivity contribution in [3.05, 3.63) is 33.8 Å². The standard InChI is InChI=1S/C14H21BrN2/c1-17(2)9-11-4-5-12(8-13(11)15)14(10-16)6-3-7-14/h4-5,8H,3,6-7,9-10,16H2,1-2H3. The molecule has 94 valence electrons. The van der Waals surface area contributed by atoms with Crippen LogP contribution in [0.4, 0.5) is 0 Å². The van der Waals surface area contributed by atoms with Gasteiger partial charge in [-0.3, -0.25) is 0 Å². The molecule has 1 aromatic rings. The van der Waals surface area contributed by atoms with Crippen LogP contribution in [0.2, 0.25) is 0 Å². The molecule has 1 saturated carbocycles. The molecule has 17 heavy (non-hydrogen) atoms. The highest BCUT2D eigenvalue weighted by molar-refractivity contribution is 9.10. The van der Waals surface area contributed by atoms with Gasteiger partial charge in [0.2, 0.25) is 0 Å². The molecule has 2 nitrogen and oxygen atoms in total. The van der Waals surface area contributed by atoms with Gasteiger partial charge in [0.25, 0.3) is 0 Å². The summed E-state index contributed by atoms with van der Waals surface area (Å²) in [6.45, 7) is 1.74. The number of rotatable bonds is 4. The van der Waals surface area contributed by atoms with Crippen LogP contribution in [-0.2, 0) is 12.0 Å². The van der Waals surface area contributed by atoms with Gasteiger partial charge < -0.3 is 10.6 Å². The third-order valence-corrected chi connectivity index (χ3v) is 4.59. The predicted molar refractivity (Wildman–Crippen MR) is 76.1 cm³/mol. The van der Waals surface area contributed by atoms with Crippen molar-refractivity contribution in [3.63, 3.8) is 0 Å². The van der Waals surface area contributed by atoms with Crippen molar-refractivity contribution in [2.75, 3.05) is 20.6 Å². The third-order valence-electron chi connectivity index (χ3n) is 3.85. The van der Waals surface area contributed by atoms with E-state index >= 15 is 0 Å². The number of nitrogens with zero attached hydrogens (tertiary/aromatic N) is 1. The molecule has 0 aliphatic heterocycles. The molecule has 0 atom stereocenters. The molecule has 0 aromatic heterocycles. The van der Waals surface area contributed by atoms with E-state index in [1.165, 1.54) is 34.9 Å². The fraction of sp³-hybridized carbons (Fsp3) is 0.571. The molecule has 0 spiro atoms. The minimum atomic E-state index is 0.263. The van der Waals surface area contributed by atoms with Crippen molar-refractivity contribution in [2.45, 2.75) is 31.2 Å². The molecule has 1 fully saturated rings. The number of hydrogen-bond acceptors (Lipinski definition) is 2. The second-order valence-corrected chi connectivity index (χ2v) is 6.24. The summed E-state index contributed by atoms with van der Waals surface area (Å²) in [4.78, 5) is 2.18. The van der Waals surface area contributed by atoms with Crippen molar-refractivity contribution >= 4 is 15.9 Å². The van der Waals surface area contributed by atoms with Gasteiger partial charge >= 0.3 is 0 Å². The number of benzene rings is 1. The second kappa shape index (κ2) is 5.09. The Bertz CT molecular complexity index is 392. The summed E-state index contributed by atoms with van der Waals surface area (Å²) in [7, 11) is 4.18. The summed E-state index contributed by atoms with van der Waals surface area (Å²) in [5.74, 6) is 0. The molecule has 1 aliphatic carbocycles. The molecule has 1 aromatic carbocycles. The average molecular weight is 297 g/mol. The minimum Gasteiger partial charge on any atom is -0.330 e. The lowest BCUT2D eigenvalue weighted by molar-refractivity contribution is 0.253. The fourth-order valence-corrected chi connectivity index (χ4v) is 3.06. The lowest BCUT2D eigenvalue weighted by Crippen LogP contribution is -2.41. The smallest absolute Gasteiger partial charge is 0.0238 e. The SMILES string of the molecule is CN(C)Cc1ccc(C2(CN)CCC2)cc1Br. The first kappa shape index (κ1) is 13.1. The zero-order chi connectivity index (χ0) is 12.5. The maximum absolute atomic E-state index is 5.95. The molecule has 1 aliphatic rings. The monoisotopic (exact) mass is 296 g/mol. The van der Waals surface area contributed by atoms with Gasteiger partial charge in [-0.15, -0.1) is 0 Å². The van der Waals surface area contributed by atoms with E-state index in [1.807, 2.05) is 0 Å². The van der Waals surface area contributed by atoms with Crippen LogP contribution in [0.3, 0.4) is 0 Å². The van der Waals surface area contributed by atoms with Crippen LogP contribution in [0.1, 0.15) is 30.4 Å². The summed E-state index contributed by atoms with van der Waals surface area (Å²) < 4.78 is 1.21. The quantitative estimate of drug-likeness (QED) is 0.926. The van der Waals surface area contributed by atoms with Gasteiger partial charge in [0.1, 0.15) is 0 Å². The van der Waals surface area contributed by atoms with Gasteiger partial charge in [-0.25, -0.2) is 0 Å². The Morgan fingerprint density at radius 1 is 1.35 bits per heavy atom. The molecule has 2 N–H and O–H groups in total. The Balaban J connectivity index is 2.24. The molecular weight excluding hydrogens is 276 g/mol. The van der Waals surface area contributed by atoms with Crippen LogP contribution in [0.15, 0.2) is 22.7 Å². The molecule has 0 amide bonds. The molecular formula is C14H21BrN2. The van der Waals surface area contributed by atoms with Gasteiger partial charge in [-0.1, -0.05) is 34.5 Å². The van der Waals surface area contributed by atoms with E-state index in [2.05, 4.69) is 53.1 Å². The zero-order valence-corrected chi connectivity index (χ0v) is 12.3. The van der Waals surface area contributed by atoms with E-state index in [-0.39, 0.29) is 5.41 Å². The van der Waals surface area contributed by atoms with Crippen LogP contribution in [0, 0.1) is 0 Å². The van der Waals surface area contributed by atoms with Gasteiger partial charge in [0.15, 0.2) is 0 Å². The lowest BCUT2D eigenvalue weighted by Gasteiger charge is -2.41. The molecule has 0 radical (unpaired) electrons. The lowest BCUT2D eigenvalue weighted by atomic mass is 9.64. The van der Waals surface area contributed by atoms with Crippen LogP contribution in [-0.4, -0.2) is 25.5 Å². The van der Waals surface area contributed by atoms with E-state index in [1.54, 1.807) is 0 Å². The Morgan fingerprint density at radius 2 is 2.06 bits per heavy atom. The minimum absolute atomic E-state index is 0.263. The highest BCUT2D eigenvalue weighted by atomic mass is 79.9. The summed E-state index contributed by atoms with van der Waals surface area (Å²) in [6, 6.07) is 6.76. The topological polar surface area (TPSA) is 29.3 Å². The number of hydrogen-bond donors (Lipinski definition) is 1. The van der Waals surface area contributed by atoms with Crippen molar-refractivity contribution in [1.29, 1.82) is 0 Å². The Morgan fingerprint density at radius 3 is 2.47 bits per heavy atom. The Hall–Kier alpha value is -0.380. The van der Waals surface area contributed by atoms with E-state index in [0.717, 1.165) is 13.1 Å². The van der Waals surface area contributed by atoms with E-state index in [4.69, 9.17) is 5.73 Å². The largest absolute Gasteiger partial charge is 0.330 e. The van der Waals surface area contributed by atoms with Crippen LogP contribution in [0.5, 0.6) is 0 Å². The molecule has 0 bridgehead atoms. The van der Waals surface area contributed by atoms with E-state index in [0.29, 0.717) is 0 Å². The number of halogens is 1. The van der Waals surface area contributed by atoms with Gasteiger partial charge in [0, 0.05) is 23.0 Å². The van der Waals surface area contributed by atoms with Crippen molar-refractivity contribution < 1.29 is 0 Å². The Kier molecular flexibility index (Phi) is 3.91. The Labute approximate surface area is 112 Å². The van der Waals surface area contributed by atoms with Crippen molar-refractivity contribution in [2.24, 2.45) is 5.73 Å². The molecule has 0 unspecified atom stereocenters. The van der Waals surface area contributed by atoms with Gasteiger partial charge in [-0.05, 0) is 44.1 Å². The molecule has 0 heterocycles. The normalized spacial score (nSPS) is 18.2.